The van der Waals surface area contributed by atoms with Crippen molar-refractivity contribution in [2.75, 3.05) is 18.4 Å². The molecule has 134 valence electrons. The highest BCUT2D eigenvalue weighted by Gasteiger charge is 2.28. The van der Waals surface area contributed by atoms with Gasteiger partial charge >= 0.3 is 0 Å². The number of nitrogens with one attached hydrogen (secondary N) is 1. The molecule has 0 saturated carbocycles. The summed E-state index contributed by atoms with van der Waals surface area (Å²) < 4.78 is 0. The summed E-state index contributed by atoms with van der Waals surface area (Å²) in [5, 5.41) is 6.12. The summed E-state index contributed by atoms with van der Waals surface area (Å²) in [6.45, 7) is 7.70. The third-order valence-electron chi connectivity index (χ3n) is 4.31. The summed E-state index contributed by atoms with van der Waals surface area (Å²) in [5.41, 5.74) is 1.92. The van der Waals surface area contributed by atoms with Crippen molar-refractivity contribution in [1.82, 2.24) is 19.9 Å². The van der Waals surface area contributed by atoms with Crippen molar-refractivity contribution >= 4 is 28.2 Å². The maximum absolute atomic E-state index is 12.4. The lowest BCUT2D eigenvalue weighted by Gasteiger charge is -2.33. The van der Waals surface area contributed by atoms with E-state index in [2.05, 4.69) is 34.1 Å². The molecule has 1 atom stereocenters. The SMILES string of the molecule is Cc1csc(Nc2nccnc2[C@H]2CCCN(C(=O)CC(C)C)C2)n1. The van der Waals surface area contributed by atoms with Crippen LogP contribution in [0.15, 0.2) is 17.8 Å². The molecular formula is C18H25N5OS. The van der Waals surface area contributed by atoms with Crippen LogP contribution in [-0.2, 0) is 4.79 Å². The van der Waals surface area contributed by atoms with Gasteiger partial charge in [-0.25, -0.2) is 9.97 Å². The average Bonchev–Trinajstić information content (AvgIpc) is 3.00. The zero-order valence-corrected chi connectivity index (χ0v) is 15.8. The van der Waals surface area contributed by atoms with Crippen LogP contribution in [0, 0.1) is 12.8 Å². The van der Waals surface area contributed by atoms with Gasteiger partial charge in [0.2, 0.25) is 5.91 Å². The molecule has 0 spiro atoms. The Bertz CT molecular complexity index is 730. The summed E-state index contributed by atoms with van der Waals surface area (Å²) in [5.74, 6) is 1.59. The van der Waals surface area contributed by atoms with Crippen LogP contribution in [0.25, 0.3) is 0 Å². The number of amides is 1. The van der Waals surface area contributed by atoms with E-state index >= 15 is 0 Å². The molecule has 1 amide bonds. The van der Waals surface area contributed by atoms with E-state index in [4.69, 9.17) is 0 Å². The van der Waals surface area contributed by atoms with Gasteiger partial charge in [0.25, 0.3) is 0 Å². The molecule has 0 radical (unpaired) electrons. The Labute approximate surface area is 152 Å². The largest absolute Gasteiger partial charge is 0.342 e. The molecular weight excluding hydrogens is 334 g/mol. The van der Waals surface area contributed by atoms with Crippen molar-refractivity contribution in [1.29, 1.82) is 0 Å². The fraction of sp³-hybridized carbons (Fsp3) is 0.556. The van der Waals surface area contributed by atoms with Crippen molar-refractivity contribution in [3.05, 3.63) is 29.2 Å². The molecule has 25 heavy (non-hydrogen) atoms. The number of piperidine rings is 1. The van der Waals surface area contributed by atoms with E-state index in [9.17, 15) is 4.79 Å². The topological polar surface area (TPSA) is 71.0 Å². The molecule has 0 unspecified atom stereocenters. The molecule has 3 heterocycles. The van der Waals surface area contributed by atoms with Gasteiger partial charge in [0.15, 0.2) is 10.9 Å². The van der Waals surface area contributed by atoms with E-state index in [1.165, 1.54) is 0 Å². The molecule has 0 bridgehead atoms. The van der Waals surface area contributed by atoms with Gasteiger partial charge in [0.1, 0.15) is 0 Å². The van der Waals surface area contributed by atoms with Crippen molar-refractivity contribution in [2.24, 2.45) is 5.92 Å². The van der Waals surface area contributed by atoms with Gasteiger partial charge in [-0.2, -0.15) is 0 Å². The first kappa shape index (κ1) is 17.8. The number of hydrogen-bond acceptors (Lipinski definition) is 6. The van der Waals surface area contributed by atoms with Crippen LogP contribution < -0.4 is 5.32 Å². The number of carbonyl (C=O) groups is 1. The molecule has 2 aromatic heterocycles. The number of likely N-dealkylation sites (tertiary alicyclic amines) is 1. The van der Waals surface area contributed by atoms with Gasteiger partial charge in [-0.1, -0.05) is 13.8 Å². The Hall–Kier alpha value is -2.02. The first-order chi connectivity index (χ1) is 12.0. The average molecular weight is 359 g/mol. The molecule has 1 aliphatic rings. The van der Waals surface area contributed by atoms with E-state index in [1.54, 1.807) is 23.7 Å². The third kappa shape index (κ3) is 4.54. The second-order valence-corrected chi connectivity index (χ2v) is 7.84. The molecule has 3 rings (SSSR count). The van der Waals surface area contributed by atoms with Crippen LogP contribution >= 0.6 is 11.3 Å². The van der Waals surface area contributed by atoms with Crippen molar-refractivity contribution in [3.63, 3.8) is 0 Å². The minimum Gasteiger partial charge on any atom is -0.342 e. The zero-order chi connectivity index (χ0) is 17.8. The summed E-state index contributed by atoms with van der Waals surface area (Å²) in [7, 11) is 0. The van der Waals surface area contributed by atoms with Crippen molar-refractivity contribution < 1.29 is 4.79 Å². The van der Waals surface area contributed by atoms with Crippen LogP contribution in [0.5, 0.6) is 0 Å². The Morgan fingerprint density at radius 2 is 2.20 bits per heavy atom. The second-order valence-electron chi connectivity index (χ2n) is 6.99. The van der Waals surface area contributed by atoms with Crippen LogP contribution in [-0.4, -0.2) is 38.8 Å². The summed E-state index contributed by atoms with van der Waals surface area (Å²) in [4.78, 5) is 27.9. The van der Waals surface area contributed by atoms with Gasteiger partial charge in [0, 0.05) is 43.2 Å². The van der Waals surface area contributed by atoms with Crippen LogP contribution in [0.3, 0.4) is 0 Å². The second kappa shape index (κ2) is 7.91. The quantitative estimate of drug-likeness (QED) is 0.880. The summed E-state index contributed by atoms with van der Waals surface area (Å²) >= 11 is 1.56. The predicted octanol–water partition coefficient (Wildman–Crippen LogP) is 3.74. The van der Waals surface area contributed by atoms with Gasteiger partial charge in [0.05, 0.1) is 11.4 Å². The Morgan fingerprint density at radius 3 is 2.92 bits per heavy atom. The lowest BCUT2D eigenvalue weighted by atomic mass is 9.93. The van der Waals surface area contributed by atoms with Gasteiger partial charge in [-0.15, -0.1) is 11.3 Å². The van der Waals surface area contributed by atoms with Crippen LogP contribution in [0.4, 0.5) is 10.9 Å². The van der Waals surface area contributed by atoms with E-state index in [0.717, 1.165) is 48.3 Å². The lowest BCUT2D eigenvalue weighted by Crippen LogP contribution is -2.39. The van der Waals surface area contributed by atoms with Gasteiger partial charge in [-0.05, 0) is 25.7 Å². The number of aromatic nitrogens is 3. The Balaban J connectivity index is 1.75. The Kier molecular flexibility index (Phi) is 5.63. The number of thiazole rings is 1. The third-order valence-corrected chi connectivity index (χ3v) is 5.19. The fourth-order valence-corrected chi connectivity index (χ4v) is 3.85. The first-order valence-corrected chi connectivity index (χ1v) is 9.68. The van der Waals surface area contributed by atoms with Crippen molar-refractivity contribution in [3.8, 4) is 0 Å². The minimum absolute atomic E-state index is 0.210. The van der Waals surface area contributed by atoms with Crippen molar-refractivity contribution in [2.45, 2.75) is 46.0 Å². The highest BCUT2D eigenvalue weighted by molar-refractivity contribution is 7.13. The molecule has 1 fully saturated rings. The molecule has 1 aliphatic heterocycles. The molecule has 0 aliphatic carbocycles. The summed E-state index contributed by atoms with van der Waals surface area (Å²) in [6, 6.07) is 0. The highest BCUT2D eigenvalue weighted by Crippen LogP contribution is 2.31. The lowest BCUT2D eigenvalue weighted by molar-refractivity contribution is -0.133. The normalized spacial score (nSPS) is 17.8. The molecule has 1 saturated heterocycles. The number of carbonyl (C=O) groups excluding carboxylic acids is 1. The molecule has 6 nitrogen and oxygen atoms in total. The monoisotopic (exact) mass is 359 g/mol. The molecule has 0 aromatic carbocycles. The highest BCUT2D eigenvalue weighted by atomic mass is 32.1. The maximum Gasteiger partial charge on any atom is 0.222 e. The van der Waals surface area contributed by atoms with Crippen LogP contribution in [0.2, 0.25) is 0 Å². The van der Waals surface area contributed by atoms with E-state index in [-0.39, 0.29) is 11.8 Å². The molecule has 7 heteroatoms. The standard InChI is InChI=1S/C18H25N5OS/c1-12(2)9-15(24)23-8-4-5-14(10-23)16-17(20-7-6-19-16)22-18-21-13(3)11-25-18/h6-7,11-12,14H,4-5,8-10H2,1-3H3,(H,20,21,22)/t14-/m0/s1. The predicted molar refractivity (Wildman–Crippen MR) is 100 cm³/mol. The van der Waals surface area contributed by atoms with Gasteiger partial charge < -0.3 is 10.2 Å². The number of nitrogens with zero attached hydrogens (tertiary/aromatic N) is 4. The minimum atomic E-state index is 0.210. The van der Waals surface area contributed by atoms with Gasteiger partial charge in [-0.3, -0.25) is 9.78 Å². The number of hydrogen-bond donors (Lipinski definition) is 1. The zero-order valence-electron chi connectivity index (χ0n) is 15.0. The number of rotatable bonds is 5. The molecule has 1 N–H and O–H groups in total. The number of anilines is 2. The van der Waals surface area contributed by atoms with E-state index in [0.29, 0.717) is 12.3 Å². The Morgan fingerprint density at radius 1 is 1.40 bits per heavy atom. The summed E-state index contributed by atoms with van der Waals surface area (Å²) in [6.07, 6.45) is 6.05. The smallest absolute Gasteiger partial charge is 0.222 e. The fourth-order valence-electron chi connectivity index (χ4n) is 3.16. The first-order valence-electron chi connectivity index (χ1n) is 8.80. The van der Waals surface area contributed by atoms with E-state index < -0.39 is 0 Å². The number of aryl methyl sites for hydroxylation is 1. The van der Waals surface area contributed by atoms with E-state index in [1.807, 2.05) is 17.2 Å². The molecule has 2 aromatic rings. The van der Waals surface area contributed by atoms with Crippen LogP contribution in [0.1, 0.15) is 50.4 Å². The maximum atomic E-state index is 12.4.